The summed E-state index contributed by atoms with van der Waals surface area (Å²) in [5.41, 5.74) is 7.27. The monoisotopic (exact) mass is 297 g/mol. The van der Waals surface area contributed by atoms with E-state index >= 15 is 0 Å². The van der Waals surface area contributed by atoms with Gasteiger partial charge in [0.2, 0.25) is 5.91 Å². The first-order valence-electron chi connectivity index (χ1n) is 7.28. The van der Waals surface area contributed by atoms with Gasteiger partial charge < -0.3 is 15.8 Å². The fourth-order valence-electron chi connectivity index (χ4n) is 2.63. The fourth-order valence-corrected chi connectivity index (χ4v) is 2.63. The van der Waals surface area contributed by atoms with Crippen molar-refractivity contribution < 1.29 is 9.53 Å². The zero-order valence-electron chi connectivity index (χ0n) is 12.5. The van der Waals surface area contributed by atoms with E-state index in [2.05, 4.69) is 10.3 Å². The van der Waals surface area contributed by atoms with Crippen LogP contribution in [0, 0.1) is 0 Å². The lowest BCUT2D eigenvalue weighted by atomic mass is 9.95. The number of methoxy groups -OCH3 is 1. The van der Waals surface area contributed by atoms with Crippen LogP contribution in [0.3, 0.4) is 0 Å². The summed E-state index contributed by atoms with van der Waals surface area (Å²) in [5.74, 6) is 1.29. The van der Waals surface area contributed by atoms with Gasteiger partial charge in [-0.15, -0.1) is 0 Å². The number of nitrogen functional groups attached to an aromatic ring is 1. The second kappa shape index (κ2) is 5.67. The van der Waals surface area contributed by atoms with Crippen molar-refractivity contribution >= 4 is 11.7 Å². The second-order valence-corrected chi connectivity index (χ2v) is 5.54. The van der Waals surface area contributed by atoms with Crippen LogP contribution in [0.1, 0.15) is 24.0 Å². The molecule has 3 rings (SSSR count). The zero-order chi connectivity index (χ0) is 15.6. The highest BCUT2D eigenvalue weighted by Gasteiger charge is 2.51. The van der Waals surface area contributed by atoms with Gasteiger partial charge in [-0.2, -0.15) is 0 Å². The van der Waals surface area contributed by atoms with E-state index in [4.69, 9.17) is 10.5 Å². The summed E-state index contributed by atoms with van der Waals surface area (Å²) in [4.78, 5) is 16.6. The minimum absolute atomic E-state index is 0.0425. The molecule has 1 aliphatic carbocycles. The molecule has 1 heterocycles. The first kappa shape index (κ1) is 14.4. The van der Waals surface area contributed by atoms with Crippen LogP contribution < -0.4 is 15.8 Å². The van der Waals surface area contributed by atoms with Crippen LogP contribution in [0.25, 0.3) is 0 Å². The molecule has 1 aliphatic rings. The first-order valence-corrected chi connectivity index (χ1v) is 7.28. The number of amides is 1. The number of nitrogens with two attached hydrogens (primary N) is 1. The molecule has 0 unspecified atom stereocenters. The number of aromatic nitrogens is 1. The SMILES string of the molecule is COc1ccc(C2(C(=O)NCc3cccnc3N)CC2)cc1. The summed E-state index contributed by atoms with van der Waals surface area (Å²) in [7, 11) is 1.63. The van der Waals surface area contributed by atoms with Gasteiger partial charge in [0.25, 0.3) is 0 Å². The van der Waals surface area contributed by atoms with Crippen molar-refractivity contribution in [3.05, 3.63) is 53.7 Å². The minimum atomic E-state index is -0.400. The molecule has 0 bridgehead atoms. The Kier molecular flexibility index (Phi) is 3.71. The van der Waals surface area contributed by atoms with E-state index in [1.165, 1.54) is 0 Å². The zero-order valence-corrected chi connectivity index (χ0v) is 12.5. The third kappa shape index (κ3) is 2.62. The Hall–Kier alpha value is -2.56. The number of hydrogen-bond acceptors (Lipinski definition) is 4. The lowest BCUT2D eigenvalue weighted by Gasteiger charge is -2.16. The molecule has 0 aliphatic heterocycles. The summed E-state index contributed by atoms with van der Waals surface area (Å²) < 4.78 is 5.16. The van der Waals surface area contributed by atoms with Crippen molar-refractivity contribution in [2.24, 2.45) is 0 Å². The van der Waals surface area contributed by atoms with E-state index in [9.17, 15) is 4.79 Å². The van der Waals surface area contributed by atoms with Gasteiger partial charge in [0.05, 0.1) is 12.5 Å². The maximum Gasteiger partial charge on any atom is 0.230 e. The number of pyridine rings is 1. The van der Waals surface area contributed by atoms with E-state index in [0.717, 1.165) is 29.7 Å². The van der Waals surface area contributed by atoms with Crippen LogP contribution in [0.5, 0.6) is 5.75 Å². The molecule has 114 valence electrons. The van der Waals surface area contributed by atoms with Crippen LogP contribution in [0.15, 0.2) is 42.6 Å². The van der Waals surface area contributed by atoms with Crippen LogP contribution in [-0.2, 0) is 16.8 Å². The molecule has 5 nitrogen and oxygen atoms in total. The summed E-state index contributed by atoms with van der Waals surface area (Å²) in [6.45, 7) is 0.399. The highest BCUT2D eigenvalue weighted by Crippen LogP contribution is 2.48. The minimum Gasteiger partial charge on any atom is -0.497 e. The molecule has 0 spiro atoms. The first-order chi connectivity index (χ1) is 10.7. The molecule has 0 radical (unpaired) electrons. The van der Waals surface area contributed by atoms with Crippen molar-refractivity contribution in [2.75, 3.05) is 12.8 Å². The van der Waals surface area contributed by atoms with Crippen LogP contribution in [0.4, 0.5) is 5.82 Å². The molecule has 1 aromatic carbocycles. The molecular weight excluding hydrogens is 278 g/mol. The van der Waals surface area contributed by atoms with Crippen LogP contribution in [0.2, 0.25) is 0 Å². The predicted octanol–water partition coefficient (Wildman–Crippen LogP) is 2.02. The molecule has 1 saturated carbocycles. The van der Waals surface area contributed by atoms with Crippen LogP contribution in [-0.4, -0.2) is 18.0 Å². The molecule has 2 aromatic rings. The van der Waals surface area contributed by atoms with Gasteiger partial charge in [-0.3, -0.25) is 4.79 Å². The Labute approximate surface area is 129 Å². The molecule has 3 N–H and O–H groups in total. The summed E-state index contributed by atoms with van der Waals surface area (Å²) >= 11 is 0. The van der Waals surface area contributed by atoms with E-state index in [1.54, 1.807) is 13.3 Å². The third-order valence-electron chi connectivity index (χ3n) is 4.19. The molecule has 1 aromatic heterocycles. The highest BCUT2D eigenvalue weighted by atomic mass is 16.5. The number of nitrogens with one attached hydrogen (secondary N) is 1. The van der Waals surface area contributed by atoms with Crippen molar-refractivity contribution in [1.29, 1.82) is 0 Å². The molecule has 0 saturated heterocycles. The standard InChI is InChI=1S/C17H19N3O2/c1-22-14-6-4-13(5-7-14)17(8-9-17)16(21)20-11-12-3-2-10-19-15(12)18/h2-7,10H,8-9,11H2,1H3,(H2,18,19)(H,20,21). The number of benzene rings is 1. The number of carbonyl (C=O) groups is 1. The van der Waals surface area contributed by atoms with Crippen molar-refractivity contribution in [1.82, 2.24) is 10.3 Å². The number of anilines is 1. The van der Waals surface area contributed by atoms with E-state index in [1.807, 2.05) is 36.4 Å². The van der Waals surface area contributed by atoms with Gasteiger partial charge in [0, 0.05) is 18.3 Å². The average molecular weight is 297 g/mol. The number of carbonyl (C=O) groups excluding carboxylic acids is 1. The molecule has 1 amide bonds. The second-order valence-electron chi connectivity index (χ2n) is 5.54. The van der Waals surface area contributed by atoms with Gasteiger partial charge in [-0.05, 0) is 36.6 Å². The number of rotatable bonds is 5. The van der Waals surface area contributed by atoms with Gasteiger partial charge >= 0.3 is 0 Å². The van der Waals surface area contributed by atoms with E-state index < -0.39 is 5.41 Å². The topological polar surface area (TPSA) is 77.2 Å². The number of ether oxygens (including phenoxy) is 1. The lowest BCUT2D eigenvalue weighted by molar-refractivity contribution is -0.123. The van der Waals surface area contributed by atoms with E-state index in [0.29, 0.717) is 12.4 Å². The van der Waals surface area contributed by atoms with Gasteiger partial charge in [-0.25, -0.2) is 4.98 Å². The third-order valence-corrected chi connectivity index (χ3v) is 4.19. The Balaban J connectivity index is 1.70. The molecule has 1 fully saturated rings. The molecular formula is C17H19N3O2. The predicted molar refractivity (Wildman–Crippen MR) is 84.4 cm³/mol. The summed E-state index contributed by atoms with van der Waals surface area (Å²) in [6, 6.07) is 11.4. The molecule has 22 heavy (non-hydrogen) atoms. The van der Waals surface area contributed by atoms with Crippen molar-refractivity contribution in [3.8, 4) is 5.75 Å². The van der Waals surface area contributed by atoms with Crippen LogP contribution >= 0.6 is 0 Å². The quantitative estimate of drug-likeness (QED) is 0.885. The number of hydrogen-bond donors (Lipinski definition) is 2. The Morgan fingerprint density at radius 3 is 2.64 bits per heavy atom. The lowest BCUT2D eigenvalue weighted by Crippen LogP contribution is -2.34. The normalized spacial score (nSPS) is 15.1. The highest BCUT2D eigenvalue weighted by molar-refractivity contribution is 5.91. The molecule has 0 atom stereocenters. The Bertz CT molecular complexity index is 679. The maximum atomic E-state index is 12.6. The van der Waals surface area contributed by atoms with Gasteiger partial charge in [0.15, 0.2) is 0 Å². The fraction of sp³-hybridized carbons (Fsp3) is 0.294. The van der Waals surface area contributed by atoms with Gasteiger partial charge in [-0.1, -0.05) is 18.2 Å². The molecule has 5 heteroatoms. The maximum absolute atomic E-state index is 12.6. The Morgan fingerprint density at radius 2 is 2.05 bits per heavy atom. The summed E-state index contributed by atoms with van der Waals surface area (Å²) in [6.07, 6.45) is 3.38. The van der Waals surface area contributed by atoms with Gasteiger partial charge in [0.1, 0.15) is 11.6 Å². The largest absolute Gasteiger partial charge is 0.497 e. The smallest absolute Gasteiger partial charge is 0.230 e. The van der Waals surface area contributed by atoms with Crippen molar-refractivity contribution in [2.45, 2.75) is 24.8 Å². The van der Waals surface area contributed by atoms with Crippen molar-refractivity contribution in [3.63, 3.8) is 0 Å². The average Bonchev–Trinajstić information content (AvgIpc) is 3.36. The number of nitrogens with zero attached hydrogens (tertiary/aromatic N) is 1. The van der Waals surface area contributed by atoms with E-state index in [-0.39, 0.29) is 5.91 Å². The Morgan fingerprint density at radius 1 is 1.32 bits per heavy atom. The summed E-state index contributed by atoms with van der Waals surface area (Å²) in [5, 5.41) is 2.98.